The summed E-state index contributed by atoms with van der Waals surface area (Å²) in [4.78, 5) is 2.23. The fourth-order valence-electron chi connectivity index (χ4n) is 3.86. The quantitative estimate of drug-likeness (QED) is 0.705. The summed E-state index contributed by atoms with van der Waals surface area (Å²) in [6, 6.07) is 6.84. The second-order valence-corrected chi connectivity index (χ2v) is 10.6. The molecule has 3 aliphatic rings. The molecule has 0 spiro atoms. The average molecular weight is 384 g/mol. The molecule has 136 valence electrons. The largest absolute Gasteiger partial charge is 0.355 e. The van der Waals surface area contributed by atoms with Crippen LogP contribution in [0.3, 0.4) is 0 Å². The molecule has 1 aromatic rings. The zero-order valence-corrected chi connectivity index (χ0v) is 15.7. The van der Waals surface area contributed by atoms with Gasteiger partial charge in [-0.3, -0.25) is 0 Å². The van der Waals surface area contributed by atoms with E-state index in [9.17, 15) is 16.8 Å². The Kier molecular flexibility index (Phi) is 3.73. The van der Waals surface area contributed by atoms with Gasteiger partial charge in [-0.05, 0) is 24.0 Å². The maximum Gasteiger partial charge on any atom is 0.285 e. The zero-order valence-electron chi connectivity index (χ0n) is 14.0. The van der Waals surface area contributed by atoms with E-state index in [1.807, 2.05) is 4.90 Å². The molecule has 1 aromatic carbocycles. The molecule has 2 fully saturated rings. The van der Waals surface area contributed by atoms with Crippen LogP contribution in [0.4, 0.5) is 0 Å². The van der Waals surface area contributed by atoms with Gasteiger partial charge in [0, 0.05) is 45.8 Å². The molecule has 0 saturated carbocycles. The average Bonchev–Trinajstić information content (AvgIpc) is 3.17. The lowest BCUT2D eigenvalue weighted by Gasteiger charge is -2.24. The third-order valence-electron chi connectivity index (χ3n) is 5.15. The molecule has 3 heterocycles. The van der Waals surface area contributed by atoms with E-state index in [-0.39, 0.29) is 16.7 Å². The molecule has 25 heavy (non-hydrogen) atoms. The van der Waals surface area contributed by atoms with Crippen LogP contribution in [0, 0.1) is 11.8 Å². The fourth-order valence-corrected chi connectivity index (χ4v) is 6.31. The molecular weight excluding hydrogens is 364 g/mol. The summed E-state index contributed by atoms with van der Waals surface area (Å²) in [5.41, 5.74) is 0.639. The van der Waals surface area contributed by atoms with Gasteiger partial charge in [0.05, 0.1) is 0 Å². The first-order valence-electron chi connectivity index (χ1n) is 8.07. The highest BCUT2D eigenvalue weighted by atomic mass is 32.2. The van der Waals surface area contributed by atoms with Crippen LogP contribution in [0.1, 0.15) is 5.56 Å². The lowest BCUT2D eigenvalue weighted by Crippen LogP contribution is -2.41. The predicted octanol–water partition coefficient (Wildman–Crippen LogP) is -0.194. The SMILES string of the molecule is CN(C)S(=O)(=O)N1CC2CN(C3=NS(=O)(=O)c4ccccc43)CC2C1. The molecule has 0 N–H and O–H groups in total. The summed E-state index contributed by atoms with van der Waals surface area (Å²) in [5.74, 6) is 0.868. The van der Waals surface area contributed by atoms with Gasteiger partial charge in [0.1, 0.15) is 4.90 Å². The number of hydrogen-bond donors (Lipinski definition) is 0. The van der Waals surface area contributed by atoms with Crippen molar-refractivity contribution in [1.82, 2.24) is 13.5 Å². The summed E-state index contributed by atoms with van der Waals surface area (Å²) in [6.07, 6.45) is 0. The molecule has 0 radical (unpaired) electrons. The van der Waals surface area contributed by atoms with Crippen molar-refractivity contribution in [2.75, 3.05) is 40.3 Å². The monoisotopic (exact) mass is 384 g/mol. The van der Waals surface area contributed by atoms with E-state index in [1.165, 1.54) is 22.7 Å². The predicted molar refractivity (Wildman–Crippen MR) is 92.9 cm³/mol. The number of hydrogen-bond acceptors (Lipinski definition) is 5. The molecule has 3 aliphatic heterocycles. The summed E-state index contributed by atoms with van der Waals surface area (Å²) < 4.78 is 55.7. The first kappa shape index (κ1) is 17.0. The maximum absolute atomic E-state index is 12.3. The van der Waals surface area contributed by atoms with Crippen LogP contribution < -0.4 is 0 Å². The number of likely N-dealkylation sites (tertiary alicyclic amines) is 1. The highest BCUT2D eigenvalue weighted by Gasteiger charge is 2.46. The van der Waals surface area contributed by atoms with Crippen LogP contribution in [-0.4, -0.2) is 76.5 Å². The lowest BCUT2D eigenvalue weighted by atomic mass is 10.0. The van der Waals surface area contributed by atoms with Crippen LogP contribution in [0.5, 0.6) is 0 Å². The number of benzene rings is 1. The second-order valence-electron chi connectivity index (χ2n) is 6.92. The third kappa shape index (κ3) is 2.59. The van der Waals surface area contributed by atoms with Crippen molar-refractivity contribution in [2.24, 2.45) is 16.2 Å². The van der Waals surface area contributed by atoms with Crippen LogP contribution in [0.25, 0.3) is 0 Å². The summed E-state index contributed by atoms with van der Waals surface area (Å²) >= 11 is 0. The van der Waals surface area contributed by atoms with Gasteiger partial charge in [-0.2, -0.15) is 25.4 Å². The van der Waals surface area contributed by atoms with Crippen molar-refractivity contribution in [2.45, 2.75) is 4.90 Å². The third-order valence-corrected chi connectivity index (χ3v) is 8.35. The van der Waals surface area contributed by atoms with Gasteiger partial charge < -0.3 is 4.90 Å². The molecule has 0 aliphatic carbocycles. The van der Waals surface area contributed by atoms with Gasteiger partial charge in [-0.15, -0.1) is 4.40 Å². The fraction of sp³-hybridized carbons (Fsp3) is 0.533. The molecule has 0 amide bonds. The van der Waals surface area contributed by atoms with E-state index in [4.69, 9.17) is 0 Å². The van der Waals surface area contributed by atoms with Crippen LogP contribution in [0.15, 0.2) is 33.6 Å². The molecule has 4 rings (SSSR count). The minimum absolute atomic E-state index is 0.188. The maximum atomic E-state index is 12.3. The lowest BCUT2D eigenvalue weighted by molar-refractivity contribution is 0.376. The summed E-state index contributed by atoms with van der Waals surface area (Å²) in [7, 11) is -3.96. The molecule has 0 aromatic heterocycles. The topological polar surface area (TPSA) is 90.4 Å². The van der Waals surface area contributed by atoms with Gasteiger partial charge in [-0.25, -0.2) is 0 Å². The Hall–Kier alpha value is -1.49. The van der Waals surface area contributed by atoms with Crippen LogP contribution in [0.2, 0.25) is 0 Å². The van der Waals surface area contributed by atoms with Crippen molar-refractivity contribution in [3.63, 3.8) is 0 Å². The van der Waals surface area contributed by atoms with Crippen LogP contribution >= 0.6 is 0 Å². The Bertz CT molecular complexity index is 941. The van der Waals surface area contributed by atoms with Crippen molar-refractivity contribution < 1.29 is 16.8 Å². The van der Waals surface area contributed by atoms with Gasteiger partial charge in [0.15, 0.2) is 5.84 Å². The zero-order chi connectivity index (χ0) is 18.0. The molecular formula is C15H20N4O4S2. The Balaban J connectivity index is 1.56. The minimum atomic E-state index is -3.63. The number of fused-ring (bicyclic) bond motifs is 2. The summed E-state index contributed by atoms with van der Waals surface area (Å²) in [5, 5.41) is 0. The van der Waals surface area contributed by atoms with E-state index in [1.54, 1.807) is 24.3 Å². The number of nitrogens with zero attached hydrogens (tertiary/aromatic N) is 4. The Labute approximate surface area is 148 Å². The number of rotatable bonds is 2. The molecule has 2 atom stereocenters. The van der Waals surface area contributed by atoms with Gasteiger partial charge >= 0.3 is 0 Å². The highest BCUT2D eigenvalue weighted by molar-refractivity contribution is 7.90. The van der Waals surface area contributed by atoms with Crippen molar-refractivity contribution in [3.05, 3.63) is 29.8 Å². The van der Waals surface area contributed by atoms with Crippen LogP contribution in [-0.2, 0) is 20.2 Å². The van der Waals surface area contributed by atoms with Crippen molar-refractivity contribution >= 4 is 26.1 Å². The molecule has 0 bridgehead atoms. The molecule has 2 saturated heterocycles. The number of sulfonamides is 1. The first-order valence-corrected chi connectivity index (χ1v) is 10.9. The van der Waals surface area contributed by atoms with E-state index in [0.717, 1.165) is 0 Å². The standard InChI is InChI=1S/C15H20N4O4S2/c1-17(2)25(22,23)19-9-11-7-18(8-12(11)10-19)15-13-5-3-4-6-14(13)24(20,21)16-15/h3-6,11-12H,7-10H2,1-2H3. The first-order chi connectivity index (χ1) is 11.7. The number of amidine groups is 1. The van der Waals surface area contributed by atoms with Gasteiger partial charge in [0.2, 0.25) is 0 Å². The van der Waals surface area contributed by atoms with E-state index in [0.29, 0.717) is 37.6 Å². The Morgan fingerprint density at radius 3 is 2.28 bits per heavy atom. The highest BCUT2D eigenvalue weighted by Crippen LogP contribution is 2.36. The second kappa shape index (κ2) is 5.50. The smallest absolute Gasteiger partial charge is 0.285 e. The Morgan fingerprint density at radius 2 is 1.68 bits per heavy atom. The normalized spacial score (nSPS) is 28.3. The molecule has 8 nitrogen and oxygen atoms in total. The van der Waals surface area contributed by atoms with E-state index in [2.05, 4.69) is 4.40 Å². The van der Waals surface area contributed by atoms with Crippen molar-refractivity contribution in [3.8, 4) is 0 Å². The van der Waals surface area contributed by atoms with Crippen molar-refractivity contribution in [1.29, 1.82) is 0 Å². The van der Waals surface area contributed by atoms with E-state index < -0.39 is 20.2 Å². The van der Waals surface area contributed by atoms with Gasteiger partial charge in [-0.1, -0.05) is 12.1 Å². The van der Waals surface area contributed by atoms with Gasteiger partial charge in [0.25, 0.3) is 20.2 Å². The molecule has 2 unspecified atom stereocenters. The summed E-state index contributed by atoms with van der Waals surface area (Å²) in [6.45, 7) is 2.16. The Morgan fingerprint density at radius 1 is 1.08 bits per heavy atom. The van der Waals surface area contributed by atoms with E-state index >= 15 is 0 Å². The minimum Gasteiger partial charge on any atom is -0.355 e. The molecule has 10 heteroatoms.